The fourth-order valence-corrected chi connectivity index (χ4v) is 11.4. The second-order valence-corrected chi connectivity index (χ2v) is 20.0. The highest BCUT2D eigenvalue weighted by atomic mass is 32.2. The van der Waals surface area contributed by atoms with E-state index in [1.54, 1.807) is 0 Å². The van der Waals surface area contributed by atoms with Gasteiger partial charge in [-0.2, -0.15) is 16.7 Å². The van der Waals surface area contributed by atoms with Crippen LogP contribution < -0.4 is 16.7 Å². The number of aromatic nitrogens is 2. The number of carbonyl (C=O) groups excluding carboxylic acids is 1. The number of aliphatic carboxylic acids is 1. The van der Waals surface area contributed by atoms with Crippen LogP contribution in [0, 0.1) is 0 Å². The van der Waals surface area contributed by atoms with Crippen molar-refractivity contribution in [3.63, 3.8) is 0 Å². The molecule has 0 spiro atoms. The fourth-order valence-electron chi connectivity index (χ4n) is 7.84. The molecule has 0 bridgehead atoms. The number of amides is 1. The lowest BCUT2D eigenvalue weighted by molar-refractivity contribution is -0.353. The zero-order valence-corrected chi connectivity index (χ0v) is 39.1. The first kappa shape index (κ1) is 57.6. The molecule has 4 aliphatic rings. The Labute approximate surface area is 399 Å². The minimum atomic E-state index is -5.82. The summed E-state index contributed by atoms with van der Waals surface area (Å²) in [6, 6.07) is -0.612. The lowest BCUT2D eigenvalue weighted by Gasteiger charge is -2.50. The molecule has 0 radical (unpaired) electrons. The molecule has 5 rings (SSSR count). The summed E-state index contributed by atoms with van der Waals surface area (Å²) in [4.78, 5) is 52.5. The third-order valence-electron chi connectivity index (χ3n) is 11.4. The third kappa shape index (κ3) is 13.1. The predicted octanol–water partition coefficient (Wildman–Crippen LogP) is -8.16. The van der Waals surface area contributed by atoms with Gasteiger partial charge in [-0.05, 0) is 24.0 Å². The van der Waals surface area contributed by atoms with E-state index < -0.39 is 173 Å². The second kappa shape index (κ2) is 24.6. The number of nitrogens with zero attached hydrogens (tertiary/aromatic N) is 2. The normalized spacial score (nSPS) is 40.2. The molecule has 0 aromatic carbocycles. The molecule has 30 nitrogen and oxygen atoms in total. The van der Waals surface area contributed by atoms with Gasteiger partial charge in [0.05, 0.1) is 43.3 Å². The van der Waals surface area contributed by atoms with E-state index in [0.717, 1.165) is 29.4 Å². The SMILES string of the molecule is CO[C@@H]1O[C@H](CO)[C@@H](O[C@@H]2O[C@H](CSCCCS[C@@H]3[C@H](O)[C@@H](NC(C)=O)[C@H]([C@H](O)[C@H](O)CO)O[C@]3(OP(=O)(O)OC[C@H]3O[C@@H](n4ccc(N)nc4=O)[C@H](O)[C@@H]3O)C(=O)O)[C@H](O)[C@H](O)[C@H]2O)[C@H](O)[C@H]1O. The molecule has 4 fully saturated rings. The van der Waals surface area contributed by atoms with E-state index in [4.69, 9.17) is 43.2 Å². The molecule has 1 amide bonds. The number of aliphatic hydroxyl groups excluding tert-OH is 12. The highest BCUT2D eigenvalue weighted by Gasteiger charge is 2.65. The zero-order chi connectivity index (χ0) is 51.3. The Balaban J connectivity index is 1.29. The number of nitrogen functional groups attached to an aromatic ring is 1. The number of hydrogen-bond acceptors (Lipinski definition) is 28. The number of methoxy groups -OCH3 is 1. The maximum atomic E-state index is 13.7. The molecule has 22 atom stereocenters. The van der Waals surface area contributed by atoms with Crippen molar-refractivity contribution in [2.45, 2.75) is 141 Å². The van der Waals surface area contributed by atoms with Crippen molar-refractivity contribution < 1.29 is 123 Å². The van der Waals surface area contributed by atoms with Gasteiger partial charge in [-0.1, -0.05) is 0 Å². The first-order chi connectivity index (χ1) is 32.4. The number of nitrogens with one attached hydrogen (secondary N) is 1. The minimum Gasteiger partial charge on any atom is -0.477 e. The largest absolute Gasteiger partial charge is 0.477 e. The maximum Gasteiger partial charge on any atom is 0.475 e. The van der Waals surface area contributed by atoms with Crippen LogP contribution in [0.3, 0.4) is 0 Å². The first-order valence-corrected chi connectivity index (χ1v) is 24.7. The molecule has 1 unspecified atom stereocenters. The average molecular weight is 1060 g/mol. The Kier molecular flexibility index (Phi) is 20.6. The number of nitrogens with two attached hydrogens (primary N) is 1. The molecule has 4 saturated heterocycles. The van der Waals surface area contributed by atoms with Crippen molar-refractivity contribution in [2.24, 2.45) is 0 Å². The smallest absolute Gasteiger partial charge is 0.475 e. The molecular weight excluding hydrogens is 1000 g/mol. The quantitative estimate of drug-likeness (QED) is 0.0379. The molecule has 4 aliphatic heterocycles. The molecule has 69 heavy (non-hydrogen) atoms. The molecule has 396 valence electrons. The second-order valence-electron chi connectivity index (χ2n) is 16.2. The summed E-state index contributed by atoms with van der Waals surface area (Å²) < 4.78 is 57.5. The Morgan fingerprint density at radius 1 is 0.928 bits per heavy atom. The van der Waals surface area contributed by atoms with Crippen molar-refractivity contribution in [1.29, 1.82) is 0 Å². The number of phosphoric acid groups is 1. The number of hydrogen-bond donors (Lipinski definition) is 16. The number of aliphatic hydroxyl groups is 12. The van der Waals surface area contributed by atoms with Crippen LogP contribution in [-0.2, 0) is 51.6 Å². The highest BCUT2D eigenvalue weighted by molar-refractivity contribution is 8.00. The van der Waals surface area contributed by atoms with Gasteiger partial charge in [-0.15, -0.1) is 11.8 Å². The molecular formula is C36H59N4O26PS2. The first-order valence-electron chi connectivity index (χ1n) is 21.0. The van der Waals surface area contributed by atoms with Crippen molar-refractivity contribution in [1.82, 2.24) is 14.9 Å². The number of phosphoric ester groups is 1. The summed E-state index contributed by atoms with van der Waals surface area (Å²) >= 11 is 1.65. The van der Waals surface area contributed by atoms with Gasteiger partial charge in [0.25, 0.3) is 5.79 Å². The van der Waals surface area contributed by atoms with Crippen molar-refractivity contribution >= 4 is 49.0 Å². The molecule has 33 heteroatoms. The van der Waals surface area contributed by atoms with Gasteiger partial charge in [0.1, 0.15) is 85.2 Å². The maximum absolute atomic E-state index is 13.7. The number of anilines is 1. The van der Waals surface area contributed by atoms with Crippen molar-refractivity contribution in [2.75, 3.05) is 49.9 Å². The Bertz CT molecular complexity index is 1970. The van der Waals surface area contributed by atoms with Gasteiger partial charge in [-0.25, -0.2) is 18.7 Å². The van der Waals surface area contributed by atoms with Crippen LogP contribution in [0.2, 0.25) is 0 Å². The van der Waals surface area contributed by atoms with E-state index in [2.05, 4.69) is 10.3 Å². The van der Waals surface area contributed by atoms with E-state index in [-0.39, 0.29) is 29.5 Å². The van der Waals surface area contributed by atoms with E-state index in [1.165, 1.54) is 13.2 Å². The average Bonchev–Trinajstić information content (AvgIpc) is 3.58. The van der Waals surface area contributed by atoms with Crippen LogP contribution in [0.1, 0.15) is 19.6 Å². The number of thioether (sulfide) groups is 2. The van der Waals surface area contributed by atoms with Gasteiger partial charge >= 0.3 is 19.5 Å². The number of carboxylic acids is 1. The van der Waals surface area contributed by atoms with Gasteiger partial charge < -0.3 is 111 Å². The molecule has 5 heterocycles. The topological polar surface area (TPSA) is 481 Å². The summed E-state index contributed by atoms with van der Waals surface area (Å²) in [5.74, 6) is -6.89. The molecule has 0 saturated carbocycles. The van der Waals surface area contributed by atoms with E-state index in [9.17, 15) is 90.2 Å². The van der Waals surface area contributed by atoms with Crippen molar-refractivity contribution in [3.05, 3.63) is 22.7 Å². The van der Waals surface area contributed by atoms with Crippen LogP contribution in [0.15, 0.2) is 17.1 Å². The van der Waals surface area contributed by atoms with Gasteiger partial charge in [0, 0.05) is 26.0 Å². The van der Waals surface area contributed by atoms with Crippen LogP contribution in [0.4, 0.5) is 5.82 Å². The summed E-state index contributed by atoms with van der Waals surface area (Å²) in [6.07, 6.45) is -30.6. The number of carbonyl (C=O) groups is 2. The molecule has 1 aromatic heterocycles. The van der Waals surface area contributed by atoms with Gasteiger partial charge in [0.15, 0.2) is 18.8 Å². The van der Waals surface area contributed by atoms with Crippen LogP contribution >= 0.6 is 31.3 Å². The minimum absolute atomic E-state index is 0.0882. The zero-order valence-electron chi connectivity index (χ0n) is 36.5. The number of carboxylic acid groups (broad SMARTS) is 1. The van der Waals surface area contributed by atoms with Crippen LogP contribution in [0.25, 0.3) is 0 Å². The van der Waals surface area contributed by atoms with E-state index in [0.29, 0.717) is 11.8 Å². The van der Waals surface area contributed by atoms with Crippen molar-refractivity contribution in [3.8, 4) is 0 Å². The fraction of sp³-hybridized carbons (Fsp3) is 0.833. The molecule has 17 N–H and O–H groups in total. The highest BCUT2D eigenvalue weighted by Crippen LogP contribution is 2.53. The summed E-state index contributed by atoms with van der Waals surface area (Å²) in [5, 5.41) is 138. The number of rotatable bonds is 22. The molecule has 0 aliphatic carbocycles. The Hall–Kier alpha value is -2.29. The molecule has 1 aromatic rings. The van der Waals surface area contributed by atoms with E-state index >= 15 is 0 Å². The monoisotopic (exact) mass is 1060 g/mol. The Morgan fingerprint density at radius 2 is 1.58 bits per heavy atom. The van der Waals surface area contributed by atoms with Gasteiger partial charge in [0.2, 0.25) is 5.91 Å². The van der Waals surface area contributed by atoms with E-state index in [1.807, 2.05) is 0 Å². The standard InChI is InChI=1S/C36H59N4O26PS2/c1-12(43)38-18-22(48)30(69-7-3-6-68-11-16-21(47)23(49)26(52)33(63-16)64-28-14(9-42)62-32(59-2)27(53)24(28)50)36(34(54)55,65-29(18)19(45)13(44)8-41)66-67(57,58)60-10-15-20(46)25(51)31(61-15)40-5-4-17(37)39-35(40)56/h4-5,13-16,18-33,41-42,44-53H,3,6-11H2,1-2H3,(H,38,43)(H,54,55)(H,57,58)(H2,37,39,56)/t13-,14-,15-,16-,18-,19-,20-,21+,22-,23+,24-,25-,26-,27-,28-,29-,30-,31-,32-,33+,36-/m1/s1. The third-order valence-corrected chi connectivity index (χ3v) is 15.0. The predicted molar refractivity (Wildman–Crippen MR) is 228 cm³/mol. The summed E-state index contributed by atoms with van der Waals surface area (Å²) in [6.45, 7) is -2.04. The van der Waals surface area contributed by atoms with Crippen LogP contribution in [0.5, 0.6) is 0 Å². The summed E-state index contributed by atoms with van der Waals surface area (Å²) in [5.41, 5.74) is 4.49. The van der Waals surface area contributed by atoms with Gasteiger partial charge in [-0.3, -0.25) is 13.9 Å². The van der Waals surface area contributed by atoms with Crippen LogP contribution in [-0.4, -0.2) is 258 Å². The lowest BCUT2D eigenvalue weighted by Crippen LogP contribution is -2.73. The summed E-state index contributed by atoms with van der Waals surface area (Å²) in [7, 11) is -4.64. The lowest BCUT2D eigenvalue weighted by atomic mass is 9.88. The number of ether oxygens (including phenoxy) is 6. The Morgan fingerprint density at radius 3 is 2.19 bits per heavy atom.